The average Bonchev–Trinajstić information content (AvgIpc) is 2.78. The van der Waals surface area contributed by atoms with Crippen molar-refractivity contribution in [1.82, 2.24) is 9.97 Å². The van der Waals surface area contributed by atoms with Crippen LogP contribution >= 0.6 is 11.3 Å². The van der Waals surface area contributed by atoms with Crippen LogP contribution in [0.2, 0.25) is 0 Å². The molecule has 0 saturated heterocycles. The Morgan fingerprint density at radius 2 is 2.15 bits per heavy atom. The largest absolute Gasteiger partial charge is 0.368 e. The van der Waals surface area contributed by atoms with Crippen LogP contribution in [0, 0.1) is 6.92 Å². The molecule has 0 fully saturated rings. The van der Waals surface area contributed by atoms with E-state index in [9.17, 15) is 8.42 Å². The number of hydrazine groups is 1. The smallest absolute Gasteiger partial charge is 0.240 e. The zero-order chi connectivity index (χ0) is 14.8. The number of nitrogens with two attached hydrogens (primary N) is 1. The summed E-state index contributed by atoms with van der Waals surface area (Å²) in [5.41, 5.74) is 2.41. The van der Waals surface area contributed by atoms with Crippen molar-refractivity contribution >= 4 is 43.2 Å². The SMILES string of the molecule is CCS(=O)(=O)CCNc1nc(NN)nc2sc(C)cc12. The lowest BCUT2D eigenvalue weighted by Crippen LogP contribution is -2.18. The number of anilines is 2. The van der Waals surface area contributed by atoms with E-state index < -0.39 is 9.84 Å². The maximum atomic E-state index is 11.5. The molecule has 0 spiro atoms. The molecule has 20 heavy (non-hydrogen) atoms. The van der Waals surface area contributed by atoms with E-state index in [-0.39, 0.29) is 11.5 Å². The lowest BCUT2D eigenvalue weighted by molar-refractivity contribution is 0.597. The quantitative estimate of drug-likeness (QED) is 0.541. The fourth-order valence-electron chi connectivity index (χ4n) is 1.71. The van der Waals surface area contributed by atoms with E-state index in [4.69, 9.17) is 5.84 Å². The monoisotopic (exact) mass is 315 g/mol. The number of sulfone groups is 1. The highest BCUT2D eigenvalue weighted by atomic mass is 32.2. The predicted molar refractivity (Wildman–Crippen MR) is 82.8 cm³/mol. The van der Waals surface area contributed by atoms with Crippen LogP contribution in [0.1, 0.15) is 11.8 Å². The molecule has 7 nitrogen and oxygen atoms in total. The van der Waals surface area contributed by atoms with Gasteiger partial charge in [-0.3, -0.25) is 5.43 Å². The number of fused-ring (bicyclic) bond motifs is 1. The topological polar surface area (TPSA) is 110 Å². The standard InChI is InChI=1S/C11H17N5O2S2/c1-3-20(17,18)5-4-13-9-8-6-7(2)19-10(8)15-11(14-9)16-12/h6H,3-5,12H2,1-2H3,(H2,13,14,15,16). The van der Waals surface area contributed by atoms with Gasteiger partial charge < -0.3 is 5.32 Å². The Morgan fingerprint density at radius 3 is 2.80 bits per heavy atom. The molecular formula is C11H17N5O2S2. The normalized spacial score (nSPS) is 11.8. The zero-order valence-corrected chi connectivity index (χ0v) is 12.9. The van der Waals surface area contributed by atoms with Gasteiger partial charge in [-0.1, -0.05) is 6.92 Å². The molecule has 0 unspecified atom stereocenters. The molecule has 0 aliphatic carbocycles. The molecule has 0 atom stereocenters. The highest BCUT2D eigenvalue weighted by Gasteiger charge is 2.11. The van der Waals surface area contributed by atoms with Gasteiger partial charge in [0.05, 0.1) is 11.1 Å². The first-order valence-corrected chi connectivity index (χ1v) is 8.78. The third kappa shape index (κ3) is 3.35. The lowest BCUT2D eigenvalue weighted by Gasteiger charge is -2.08. The van der Waals surface area contributed by atoms with Crippen molar-refractivity contribution < 1.29 is 8.42 Å². The Kier molecular flexibility index (Phi) is 4.41. The number of hydrogen-bond acceptors (Lipinski definition) is 8. The molecule has 0 aliphatic heterocycles. The van der Waals surface area contributed by atoms with Gasteiger partial charge in [0.2, 0.25) is 5.95 Å². The number of nitrogens with one attached hydrogen (secondary N) is 2. The Morgan fingerprint density at radius 1 is 1.40 bits per heavy atom. The average molecular weight is 315 g/mol. The second-order valence-electron chi connectivity index (χ2n) is 4.28. The summed E-state index contributed by atoms with van der Waals surface area (Å²) in [6, 6.07) is 1.97. The fraction of sp³-hybridized carbons (Fsp3) is 0.455. The summed E-state index contributed by atoms with van der Waals surface area (Å²) in [7, 11) is -3.00. The summed E-state index contributed by atoms with van der Waals surface area (Å²) in [4.78, 5) is 10.4. The summed E-state index contributed by atoms with van der Waals surface area (Å²) in [5, 5.41) is 3.92. The summed E-state index contributed by atoms with van der Waals surface area (Å²) in [5.74, 6) is 6.46. The molecule has 4 N–H and O–H groups in total. The summed E-state index contributed by atoms with van der Waals surface area (Å²) in [6.07, 6.45) is 0. The molecule has 2 heterocycles. The molecule has 0 radical (unpaired) electrons. The fourth-order valence-corrected chi connectivity index (χ4v) is 3.29. The molecule has 0 amide bonds. The summed E-state index contributed by atoms with van der Waals surface area (Å²) >= 11 is 1.53. The number of aromatic nitrogens is 2. The van der Waals surface area contributed by atoms with Crippen LogP contribution in [0.5, 0.6) is 0 Å². The summed E-state index contributed by atoms with van der Waals surface area (Å²) in [6.45, 7) is 3.92. The van der Waals surface area contributed by atoms with E-state index in [1.807, 2.05) is 13.0 Å². The van der Waals surface area contributed by atoms with E-state index in [1.54, 1.807) is 6.92 Å². The Balaban J connectivity index is 2.24. The van der Waals surface area contributed by atoms with Crippen molar-refractivity contribution in [2.75, 3.05) is 28.8 Å². The maximum Gasteiger partial charge on any atom is 0.240 e. The van der Waals surface area contributed by atoms with Crippen LogP contribution in [0.25, 0.3) is 10.2 Å². The van der Waals surface area contributed by atoms with Crippen molar-refractivity contribution in [2.45, 2.75) is 13.8 Å². The minimum atomic E-state index is -3.00. The first-order chi connectivity index (χ1) is 9.45. The molecule has 9 heteroatoms. The van der Waals surface area contributed by atoms with E-state index in [1.165, 1.54) is 11.3 Å². The highest BCUT2D eigenvalue weighted by molar-refractivity contribution is 7.91. The van der Waals surface area contributed by atoms with Gasteiger partial charge in [-0.25, -0.2) is 19.2 Å². The van der Waals surface area contributed by atoms with Gasteiger partial charge >= 0.3 is 0 Å². The molecule has 2 aromatic rings. The van der Waals surface area contributed by atoms with Crippen LogP contribution in [-0.4, -0.2) is 36.4 Å². The van der Waals surface area contributed by atoms with Gasteiger partial charge in [0, 0.05) is 17.2 Å². The van der Waals surface area contributed by atoms with Crippen LogP contribution in [0.3, 0.4) is 0 Å². The van der Waals surface area contributed by atoms with E-state index in [0.29, 0.717) is 18.3 Å². The maximum absolute atomic E-state index is 11.5. The number of thiophene rings is 1. The second kappa shape index (κ2) is 5.90. The van der Waals surface area contributed by atoms with Crippen molar-refractivity contribution in [2.24, 2.45) is 5.84 Å². The van der Waals surface area contributed by atoms with Crippen molar-refractivity contribution in [3.63, 3.8) is 0 Å². The number of hydrogen-bond donors (Lipinski definition) is 3. The van der Waals surface area contributed by atoms with E-state index in [2.05, 4.69) is 20.7 Å². The van der Waals surface area contributed by atoms with Crippen molar-refractivity contribution in [1.29, 1.82) is 0 Å². The molecule has 110 valence electrons. The minimum absolute atomic E-state index is 0.0729. The van der Waals surface area contributed by atoms with E-state index in [0.717, 1.165) is 15.1 Å². The van der Waals surface area contributed by atoms with Crippen LogP contribution in [0.15, 0.2) is 6.07 Å². The number of rotatable bonds is 6. The van der Waals surface area contributed by atoms with Gasteiger partial charge in [0.1, 0.15) is 10.6 Å². The minimum Gasteiger partial charge on any atom is -0.368 e. The number of nitrogens with zero attached hydrogens (tertiary/aromatic N) is 2. The summed E-state index contributed by atoms with van der Waals surface area (Å²) < 4.78 is 23.0. The van der Waals surface area contributed by atoms with Crippen LogP contribution in [-0.2, 0) is 9.84 Å². The van der Waals surface area contributed by atoms with Gasteiger partial charge in [0.15, 0.2) is 9.84 Å². The molecule has 2 aromatic heterocycles. The number of nitrogen functional groups attached to an aromatic ring is 1. The van der Waals surface area contributed by atoms with Gasteiger partial charge in [0.25, 0.3) is 0 Å². The predicted octanol–water partition coefficient (Wildman–Crippen LogP) is 1.13. The Hall–Kier alpha value is -1.45. The van der Waals surface area contributed by atoms with Crippen molar-refractivity contribution in [3.8, 4) is 0 Å². The lowest BCUT2D eigenvalue weighted by atomic mass is 10.3. The Bertz CT molecular complexity index is 711. The third-order valence-electron chi connectivity index (χ3n) is 2.79. The van der Waals surface area contributed by atoms with Gasteiger partial charge in [-0.15, -0.1) is 11.3 Å². The van der Waals surface area contributed by atoms with Crippen LogP contribution < -0.4 is 16.6 Å². The third-order valence-corrected chi connectivity index (χ3v) is 5.44. The molecular weight excluding hydrogens is 298 g/mol. The second-order valence-corrected chi connectivity index (χ2v) is 7.99. The first kappa shape index (κ1) is 14.9. The van der Waals surface area contributed by atoms with E-state index >= 15 is 0 Å². The molecule has 0 aliphatic rings. The molecule has 0 saturated carbocycles. The highest BCUT2D eigenvalue weighted by Crippen LogP contribution is 2.29. The van der Waals surface area contributed by atoms with Crippen molar-refractivity contribution in [3.05, 3.63) is 10.9 Å². The molecule has 0 bridgehead atoms. The molecule has 2 rings (SSSR count). The van der Waals surface area contributed by atoms with Crippen LogP contribution in [0.4, 0.5) is 11.8 Å². The first-order valence-electron chi connectivity index (χ1n) is 6.14. The number of aryl methyl sites for hydroxylation is 1. The molecule has 0 aromatic carbocycles. The zero-order valence-electron chi connectivity index (χ0n) is 11.3. The van der Waals surface area contributed by atoms with Gasteiger partial charge in [-0.05, 0) is 13.0 Å². The van der Waals surface area contributed by atoms with Gasteiger partial charge in [-0.2, -0.15) is 4.98 Å². The Labute approximate surface area is 121 Å².